The first kappa shape index (κ1) is 8.10. The summed E-state index contributed by atoms with van der Waals surface area (Å²) >= 11 is 0. The number of aliphatic carboxylic acids is 1. The first-order valence-corrected chi connectivity index (χ1v) is 4.27. The van der Waals surface area contributed by atoms with Gasteiger partial charge in [0.25, 0.3) is 0 Å². The molecule has 0 fully saturated rings. The molecule has 1 atom stereocenters. The van der Waals surface area contributed by atoms with Gasteiger partial charge in [-0.3, -0.25) is 4.79 Å². The lowest BCUT2D eigenvalue weighted by Crippen LogP contribution is -2.13. The molecule has 0 saturated heterocycles. The van der Waals surface area contributed by atoms with E-state index in [9.17, 15) is 4.79 Å². The Hall–Kier alpha value is -1.51. The monoisotopic (exact) mass is 177 g/mol. The van der Waals surface area contributed by atoms with Crippen molar-refractivity contribution in [2.45, 2.75) is 12.8 Å². The maximum atomic E-state index is 10.7. The molecular weight excluding hydrogens is 166 g/mol. The standard InChI is InChI=1S/C10H11NO2/c11-9-3-1-2-6-4-7(10(12)13)5-8(6)9/h1-3,7H,4-5,11H2,(H,12,13). The van der Waals surface area contributed by atoms with E-state index >= 15 is 0 Å². The van der Waals surface area contributed by atoms with Crippen molar-refractivity contribution in [2.75, 3.05) is 5.73 Å². The van der Waals surface area contributed by atoms with Gasteiger partial charge in [0.05, 0.1) is 5.92 Å². The molecule has 1 aromatic rings. The molecule has 3 N–H and O–H groups in total. The highest BCUT2D eigenvalue weighted by molar-refractivity contribution is 5.73. The lowest BCUT2D eigenvalue weighted by atomic mass is 10.1. The number of hydrogen-bond acceptors (Lipinski definition) is 2. The summed E-state index contributed by atoms with van der Waals surface area (Å²) < 4.78 is 0. The third-order valence-electron chi connectivity index (χ3n) is 2.58. The minimum atomic E-state index is -0.726. The second kappa shape index (κ2) is 2.76. The average molecular weight is 177 g/mol. The van der Waals surface area contributed by atoms with Crippen molar-refractivity contribution in [2.24, 2.45) is 5.92 Å². The van der Waals surface area contributed by atoms with Crippen LogP contribution in [0.5, 0.6) is 0 Å². The molecule has 3 heteroatoms. The van der Waals surface area contributed by atoms with Crippen LogP contribution in [0, 0.1) is 5.92 Å². The van der Waals surface area contributed by atoms with Crippen molar-refractivity contribution in [3.05, 3.63) is 29.3 Å². The first-order chi connectivity index (χ1) is 6.18. The van der Waals surface area contributed by atoms with Crippen molar-refractivity contribution < 1.29 is 9.90 Å². The maximum absolute atomic E-state index is 10.7. The van der Waals surface area contributed by atoms with E-state index in [1.54, 1.807) is 0 Å². The SMILES string of the molecule is Nc1cccc2c1CC(C(=O)O)C2. The summed E-state index contributed by atoms with van der Waals surface area (Å²) in [5.41, 5.74) is 8.58. The smallest absolute Gasteiger partial charge is 0.307 e. The number of carboxylic acids is 1. The third-order valence-corrected chi connectivity index (χ3v) is 2.58. The molecule has 0 bridgehead atoms. The number of rotatable bonds is 1. The molecule has 68 valence electrons. The molecule has 2 rings (SSSR count). The summed E-state index contributed by atoms with van der Waals surface area (Å²) in [4.78, 5) is 10.7. The van der Waals surface area contributed by atoms with Crippen LogP contribution in [0.15, 0.2) is 18.2 Å². The summed E-state index contributed by atoms with van der Waals surface area (Å²) in [6, 6.07) is 5.65. The third kappa shape index (κ3) is 1.26. The Bertz CT molecular complexity index is 360. The molecule has 13 heavy (non-hydrogen) atoms. The Balaban J connectivity index is 2.35. The van der Waals surface area contributed by atoms with E-state index in [0.29, 0.717) is 12.8 Å². The minimum absolute atomic E-state index is 0.278. The van der Waals surface area contributed by atoms with Gasteiger partial charge in [0.15, 0.2) is 0 Å². The fraction of sp³-hybridized carbons (Fsp3) is 0.300. The largest absolute Gasteiger partial charge is 0.481 e. The Kier molecular flexibility index (Phi) is 1.72. The molecular formula is C10H11NO2. The minimum Gasteiger partial charge on any atom is -0.481 e. The Morgan fingerprint density at radius 1 is 1.46 bits per heavy atom. The van der Waals surface area contributed by atoms with Crippen molar-refractivity contribution in [1.82, 2.24) is 0 Å². The maximum Gasteiger partial charge on any atom is 0.307 e. The van der Waals surface area contributed by atoms with Gasteiger partial charge in [0.2, 0.25) is 0 Å². The van der Waals surface area contributed by atoms with Crippen molar-refractivity contribution in [3.63, 3.8) is 0 Å². The zero-order valence-corrected chi connectivity index (χ0v) is 7.16. The number of benzene rings is 1. The van der Waals surface area contributed by atoms with Crippen LogP contribution in [0.25, 0.3) is 0 Å². The number of hydrogen-bond donors (Lipinski definition) is 2. The highest BCUT2D eigenvalue weighted by Crippen LogP contribution is 2.30. The van der Waals surface area contributed by atoms with Crippen LogP contribution >= 0.6 is 0 Å². The van der Waals surface area contributed by atoms with E-state index in [1.807, 2.05) is 18.2 Å². The number of carboxylic acid groups (broad SMARTS) is 1. The fourth-order valence-electron chi connectivity index (χ4n) is 1.85. The van der Waals surface area contributed by atoms with Gasteiger partial charge < -0.3 is 10.8 Å². The van der Waals surface area contributed by atoms with Crippen LogP contribution < -0.4 is 5.73 Å². The second-order valence-corrected chi connectivity index (χ2v) is 3.43. The van der Waals surface area contributed by atoms with Gasteiger partial charge >= 0.3 is 5.97 Å². The van der Waals surface area contributed by atoms with E-state index in [2.05, 4.69) is 0 Å². The summed E-state index contributed by atoms with van der Waals surface area (Å²) in [6.45, 7) is 0. The Labute approximate surface area is 76.2 Å². The highest BCUT2D eigenvalue weighted by atomic mass is 16.4. The zero-order chi connectivity index (χ0) is 9.42. The molecule has 1 aliphatic carbocycles. The van der Waals surface area contributed by atoms with E-state index in [4.69, 9.17) is 10.8 Å². The van der Waals surface area contributed by atoms with Gasteiger partial charge in [0.1, 0.15) is 0 Å². The molecule has 3 nitrogen and oxygen atoms in total. The lowest BCUT2D eigenvalue weighted by molar-refractivity contribution is -0.141. The number of carbonyl (C=O) groups is 1. The molecule has 0 heterocycles. The van der Waals surface area contributed by atoms with E-state index in [0.717, 1.165) is 16.8 Å². The van der Waals surface area contributed by atoms with Crippen molar-refractivity contribution in [3.8, 4) is 0 Å². The number of nitrogen functional groups attached to an aromatic ring is 1. The quantitative estimate of drug-likeness (QED) is 0.630. The molecule has 1 aliphatic rings. The van der Waals surface area contributed by atoms with Crippen LogP contribution in [0.4, 0.5) is 5.69 Å². The molecule has 0 radical (unpaired) electrons. The average Bonchev–Trinajstić information content (AvgIpc) is 2.49. The summed E-state index contributed by atoms with van der Waals surface area (Å²) in [6.07, 6.45) is 1.20. The van der Waals surface area contributed by atoms with Gasteiger partial charge in [-0.05, 0) is 30.0 Å². The van der Waals surface area contributed by atoms with E-state index in [-0.39, 0.29) is 5.92 Å². The van der Waals surface area contributed by atoms with Crippen LogP contribution in [-0.4, -0.2) is 11.1 Å². The fourth-order valence-corrected chi connectivity index (χ4v) is 1.85. The van der Waals surface area contributed by atoms with Gasteiger partial charge in [-0.15, -0.1) is 0 Å². The van der Waals surface area contributed by atoms with Crippen molar-refractivity contribution >= 4 is 11.7 Å². The van der Waals surface area contributed by atoms with Gasteiger partial charge in [-0.25, -0.2) is 0 Å². The molecule has 0 aliphatic heterocycles. The van der Waals surface area contributed by atoms with Crippen LogP contribution in [0.1, 0.15) is 11.1 Å². The topological polar surface area (TPSA) is 63.3 Å². The molecule has 0 saturated carbocycles. The summed E-state index contributed by atoms with van der Waals surface area (Å²) in [5.74, 6) is -1.00. The summed E-state index contributed by atoms with van der Waals surface area (Å²) in [7, 11) is 0. The number of nitrogens with two attached hydrogens (primary N) is 1. The molecule has 0 aromatic heterocycles. The second-order valence-electron chi connectivity index (χ2n) is 3.43. The van der Waals surface area contributed by atoms with Crippen molar-refractivity contribution in [1.29, 1.82) is 0 Å². The Morgan fingerprint density at radius 2 is 2.23 bits per heavy atom. The predicted molar refractivity (Wildman–Crippen MR) is 49.4 cm³/mol. The lowest BCUT2D eigenvalue weighted by Gasteiger charge is -2.01. The van der Waals surface area contributed by atoms with Gasteiger partial charge in [0, 0.05) is 5.69 Å². The van der Waals surface area contributed by atoms with Crippen LogP contribution in [-0.2, 0) is 17.6 Å². The normalized spacial score (nSPS) is 19.8. The molecule has 0 amide bonds. The van der Waals surface area contributed by atoms with Gasteiger partial charge in [-0.2, -0.15) is 0 Å². The highest BCUT2D eigenvalue weighted by Gasteiger charge is 2.27. The molecule has 1 aromatic carbocycles. The van der Waals surface area contributed by atoms with Gasteiger partial charge in [-0.1, -0.05) is 12.1 Å². The summed E-state index contributed by atoms with van der Waals surface area (Å²) in [5, 5.41) is 8.84. The van der Waals surface area contributed by atoms with E-state index in [1.165, 1.54) is 0 Å². The molecule has 1 unspecified atom stereocenters. The Morgan fingerprint density at radius 3 is 2.85 bits per heavy atom. The number of anilines is 1. The van der Waals surface area contributed by atoms with Crippen LogP contribution in [0.2, 0.25) is 0 Å². The van der Waals surface area contributed by atoms with Crippen LogP contribution in [0.3, 0.4) is 0 Å². The van der Waals surface area contributed by atoms with E-state index < -0.39 is 5.97 Å². The number of fused-ring (bicyclic) bond motifs is 1. The molecule has 0 spiro atoms. The first-order valence-electron chi connectivity index (χ1n) is 4.27. The predicted octanol–water partition coefficient (Wildman–Crippen LogP) is 1.07. The zero-order valence-electron chi connectivity index (χ0n) is 7.16.